The Morgan fingerprint density at radius 3 is 2.61 bits per heavy atom. The number of nitrogens with zero attached hydrogens (tertiary/aromatic N) is 2. The van der Waals surface area contributed by atoms with E-state index in [-0.39, 0.29) is 29.0 Å². The highest BCUT2D eigenvalue weighted by atomic mass is 35.5. The molecule has 3 N–H and O–H groups in total. The molecule has 0 fully saturated rings. The van der Waals surface area contributed by atoms with Crippen molar-refractivity contribution >= 4 is 46.4 Å². The number of benzene rings is 3. The van der Waals surface area contributed by atoms with Crippen LogP contribution in [0.4, 0.5) is 5.69 Å². The summed E-state index contributed by atoms with van der Waals surface area (Å²) in [4.78, 5) is 25.7. The van der Waals surface area contributed by atoms with Crippen molar-refractivity contribution in [2.45, 2.75) is 5.54 Å². The van der Waals surface area contributed by atoms with Crippen LogP contribution >= 0.6 is 23.2 Å². The molecular weight excluding hydrogens is 507 g/mol. The Hall–Kier alpha value is -4.08. The van der Waals surface area contributed by atoms with E-state index in [0.717, 1.165) is 0 Å². The molecule has 0 saturated carbocycles. The third kappa shape index (κ3) is 3.31. The smallest absolute Gasteiger partial charge is 0.257 e. The molecule has 0 saturated heterocycles. The van der Waals surface area contributed by atoms with Gasteiger partial charge in [-0.2, -0.15) is 10.2 Å². The summed E-state index contributed by atoms with van der Waals surface area (Å²) in [7, 11) is 0. The number of anilines is 1. The summed E-state index contributed by atoms with van der Waals surface area (Å²) in [6.07, 6.45) is 0. The van der Waals surface area contributed by atoms with Crippen LogP contribution in [-0.4, -0.2) is 25.2 Å². The normalized spacial score (nSPS) is 18.9. The number of primary amides is 1. The number of amides is 2. The van der Waals surface area contributed by atoms with Crippen LogP contribution in [0, 0.1) is 0 Å². The van der Waals surface area contributed by atoms with Crippen molar-refractivity contribution in [3.05, 3.63) is 86.9 Å². The maximum absolute atomic E-state index is 12.8. The Balaban J connectivity index is 1.39. The van der Waals surface area contributed by atoms with Crippen LogP contribution in [0.15, 0.2) is 70.4 Å². The second-order valence-corrected chi connectivity index (χ2v) is 9.01. The Kier molecular flexibility index (Phi) is 5.13. The van der Waals surface area contributed by atoms with E-state index in [2.05, 4.69) is 15.5 Å². The van der Waals surface area contributed by atoms with Gasteiger partial charge in [-0.1, -0.05) is 35.3 Å². The van der Waals surface area contributed by atoms with Gasteiger partial charge in [0.15, 0.2) is 11.5 Å². The third-order valence-electron chi connectivity index (χ3n) is 6.23. The van der Waals surface area contributed by atoms with Crippen molar-refractivity contribution in [1.29, 1.82) is 0 Å². The fraction of sp³-hybridized carbons (Fsp3) is 0.120. The molecule has 1 unspecified atom stereocenters. The van der Waals surface area contributed by atoms with Crippen LogP contribution in [0.1, 0.15) is 21.5 Å². The molecule has 0 spiro atoms. The number of carbonyl (C=O) groups is 2. The van der Waals surface area contributed by atoms with Gasteiger partial charge in [0, 0.05) is 16.8 Å². The number of azo groups is 1. The van der Waals surface area contributed by atoms with Gasteiger partial charge >= 0.3 is 0 Å². The topological polar surface area (TPSA) is 125 Å². The maximum atomic E-state index is 12.8. The molecule has 0 bridgehead atoms. The van der Waals surface area contributed by atoms with E-state index in [1.807, 2.05) is 0 Å². The molecule has 3 aliphatic rings. The van der Waals surface area contributed by atoms with Crippen molar-refractivity contribution in [3.8, 4) is 17.2 Å². The number of hydrogen-bond acceptors (Lipinski definition) is 7. The van der Waals surface area contributed by atoms with E-state index in [1.165, 1.54) is 0 Å². The minimum atomic E-state index is -1.57. The Bertz CT molecular complexity index is 1540. The lowest BCUT2D eigenvalue weighted by atomic mass is 9.80. The van der Waals surface area contributed by atoms with Crippen molar-refractivity contribution in [3.63, 3.8) is 0 Å². The molecule has 180 valence electrons. The molecule has 1 atom stereocenters. The standard InChI is InChI=1S/C25H16Cl2N4O5/c26-17-3-1-2-14(21(17)27)23(32)29-13-5-7-18-15(9-13)22-16(10-34-18)25(24(28)33,31-30-22)12-4-6-19-20(8-12)36-11-35-19/h1-9H,10-11H2,(H2,28,33)(H,29,32). The van der Waals surface area contributed by atoms with Gasteiger partial charge in [0.1, 0.15) is 18.1 Å². The van der Waals surface area contributed by atoms with Crippen LogP contribution < -0.4 is 25.3 Å². The Morgan fingerprint density at radius 2 is 1.78 bits per heavy atom. The largest absolute Gasteiger partial charge is 0.488 e. The first kappa shape index (κ1) is 22.4. The van der Waals surface area contributed by atoms with Gasteiger partial charge in [-0.15, -0.1) is 0 Å². The van der Waals surface area contributed by atoms with Crippen molar-refractivity contribution in [2.75, 3.05) is 18.7 Å². The molecule has 9 nitrogen and oxygen atoms in total. The van der Waals surface area contributed by atoms with Gasteiger partial charge in [-0.25, -0.2) is 0 Å². The number of ether oxygens (including phenoxy) is 3. The predicted octanol–water partition coefficient (Wildman–Crippen LogP) is 4.92. The molecular formula is C25H16Cl2N4O5. The quantitative estimate of drug-likeness (QED) is 0.502. The maximum Gasteiger partial charge on any atom is 0.257 e. The van der Waals surface area contributed by atoms with Crippen LogP contribution in [0.5, 0.6) is 17.2 Å². The lowest BCUT2D eigenvalue weighted by Crippen LogP contribution is -2.42. The zero-order chi connectivity index (χ0) is 25.0. The van der Waals surface area contributed by atoms with Gasteiger partial charge in [0.2, 0.25) is 12.3 Å². The number of halogens is 2. The third-order valence-corrected chi connectivity index (χ3v) is 7.05. The molecule has 0 aliphatic carbocycles. The first-order valence-electron chi connectivity index (χ1n) is 10.8. The molecule has 3 heterocycles. The molecule has 2 amide bonds. The number of nitrogens with two attached hydrogens (primary N) is 1. The molecule has 3 aromatic carbocycles. The lowest BCUT2D eigenvalue weighted by molar-refractivity contribution is -0.122. The van der Waals surface area contributed by atoms with Gasteiger partial charge in [0.25, 0.3) is 11.8 Å². The lowest BCUT2D eigenvalue weighted by Gasteiger charge is -2.28. The van der Waals surface area contributed by atoms with Crippen molar-refractivity contribution < 1.29 is 23.8 Å². The van der Waals surface area contributed by atoms with Crippen molar-refractivity contribution in [1.82, 2.24) is 0 Å². The minimum Gasteiger partial charge on any atom is -0.488 e. The Labute approximate surface area is 214 Å². The summed E-state index contributed by atoms with van der Waals surface area (Å²) >= 11 is 12.2. The summed E-state index contributed by atoms with van der Waals surface area (Å²) < 4.78 is 16.8. The van der Waals surface area contributed by atoms with E-state index in [1.54, 1.807) is 54.6 Å². The molecule has 0 radical (unpaired) electrons. The monoisotopic (exact) mass is 522 g/mol. The number of hydrogen-bond donors (Lipinski definition) is 2. The van der Waals surface area contributed by atoms with Crippen LogP contribution in [0.2, 0.25) is 10.0 Å². The summed E-state index contributed by atoms with van der Waals surface area (Å²) in [6, 6.07) is 15.0. The van der Waals surface area contributed by atoms with E-state index < -0.39 is 17.4 Å². The van der Waals surface area contributed by atoms with Gasteiger partial charge in [-0.05, 0) is 48.0 Å². The average Bonchev–Trinajstić information content (AvgIpc) is 3.50. The SMILES string of the molecule is NC(=O)C1(c2ccc3c(c2)OCO3)N=NC2=C1COc1ccc(NC(=O)c3cccc(Cl)c3Cl)cc12. The summed E-state index contributed by atoms with van der Waals surface area (Å²) in [6.45, 7) is 0.139. The second kappa shape index (κ2) is 8.25. The fourth-order valence-corrected chi connectivity index (χ4v) is 4.83. The van der Waals surface area contributed by atoms with E-state index in [4.69, 9.17) is 43.1 Å². The molecule has 0 aromatic heterocycles. The number of rotatable bonds is 4. The second-order valence-electron chi connectivity index (χ2n) is 8.22. The highest BCUT2D eigenvalue weighted by molar-refractivity contribution is 6.44. The van der Waals surface area contributed by atoms with E-state index >= 15 is 0 Å². The summed E-state index contributed by atoms with van der Waals surface area (Å²) in [5.41, 5.74) is 6.99. The molecule has 36 heavy (non-hydrogen) atoms. The van der Waals surface area contributed by atoms with Crippen molar-refractivity contribution in [2.24, 2.45) is 16.0 Å². The molecule has 3 aliphatic heterocycles. The average molecular weight is 523 g/mol. The zero-order valence-electron chi connectivity index (χ0n) is 18.4. The minimum absolute atomic E-state index is 0.0521. The number of carbonyl (C=O) groups excluding carboxylic acids is 2. The summed E-state index contributed by atoms with van der Waals surface area (Å²) in [5, 5.41) is 11.9. The first-order chi connectivity index (χ1) is 17.4. The predicted molar refractivity (Wildman–Crippen MR) is 132 cm³/mol. The van der Waals surface area contributed by atoms with E-state index in [9.17, 15) is 9.59 Å². The Morgan fingerprint density at radius 1 is 0.972 bits per heavy atom. The van der Waals surface area contributed by atoms with Crippen LogP contribution in [0.25, 0.3) is 5.70 Å². The fourth-order valence-electron chi connectivity index (χ4n) is 4.45. The summed E-state index contributed by atoms with van der Waals surface area (Å²) in [5.74, 6) is 0.431. The highest BCUT2D eigenvalue weighted by Gasteiger charge is 2.50. The molecule has 6 rings (SSSR count). The van der Waals surface area contributed by atoms with Crippen LogP contribution in [0.3, 0.4) is 0 Å². The van der Waals surface area contributed by atoms with Crippen LogP contribution in [-0.2, 0) is 10.3 Å². The highest BCUT2D eigenvalue weighted by Crippen LogP contribution is 2.50. The van der Waals surface area contributed by atoms with Gasteiger partial charge < -0.3 is 25.3 Å². The molecule has 3 aromatic rings. The number of fused-ring (bicyclic) bond motifs is 3. The van der Waals surface area contributed by atoms with E-state index in [0.29, 0.717) is 45.3 Å². The van der Waals surface area contributed by atoms with Gasteiger partial charge in [0.05, 0.1) is 15.6 Å². The first-order valence-corrected chi connectivity index (χ1v) is 11.5. The zero-order valence-corrected chi connectivity index (χ0v) is 19.9. The molecule has 11 heteroatoms. The van der Waals surface area contributed by atoms with Gasteiger partial charge in [-0.3, -0.25) is 9.59 Å². The number of nitrogens with one attached hydrogen (secondary N) is 1.